The zero-order valence-corrected chi connectivity index (χ0v) is 20.1. The van der Waals surface area contributed by atoms with Crippen LogP contribution in [0.2, 0.25) is 0 Å². The molecule has 30 heavy (non-hydrogen) atoms. The number of imide groups is 1. The number of primary amides is 1. The summed E-state index contributed by atoms with van der Waals surface area (Å²) in [5, 5.41) is 11.1. The predicted molar refractivity (Wildman–Crippen MR) is 121 cm³/mol. The number of nitrogens with zero attached hydrogens (tertiary/aromatic N) is 3. The number of carbonyl (C=O) groups is 2. The van der Waals surface area contributed by atoms with Gasteiger partial charge in [0.1, 0.15) is 0 Å². The number of fused-ring (bicyclic) bond motifs is 1. The van der Waals surface area contributed by atoms with Gasteiger partial charge in [-0.2, -0.15) is 0 Å². The van der Waals surface area contributed by atoms with Crippen LogP contribution < -0.4 is 11.1 Å². The highest BCUT2D eigenvalue weighted by atomic mass is 32.2. The molecule has 1 aliphatic carbocycles. The molecule has 3 N–H and O–H groups in total. The number of carbonyl (C=O) groups excluding carboxylic acids is 2. The molecule has 2 heterocycles. The number of amides is 3. The Morgan fingerprint density at radius 3 is 2.63 bits per heavy atom. The molecule has 1 aliphatic rings. The number of thiophene rings is 1. The van der Waals surface area contributed by atoms with E-state index >= 15 is 0 Å². The van der Waals surface area contributed by atoms with Gasteiger partial charge in [0.2, 0.25) is 5.91 Å². The van der Waals surface area contributed by atoms with Gasteiger partial charge in [-0.1, -0.05) is 46.4 Å². The number of thioether (sulfide) groups is 1. The van der Waals surface area contributed by atoms with Crippen molar-refractivity contribution in [2.45, 2.75) is 64.3 Å². The van der Waals surface area contributed by atoms with Crippen LogP contribution in [0.15, 0.2) is 11.2 Å². The average molecular weight is 450 g/mol. The van der Waals surface area contributed by atoms with Gasteiger partial charge in [0.25, 0.3) is 0 Å². The average Bonchev–Trinajstić information content (AvgIpc) is 3.20. The highest BCUT2D eigenvalue weighted by Gasteiger charge is 2.31. The van der Waals surface area contributed by atoms with E-state index in [1.165, 1.54) is 28.6 Å². The summed E-state index contributed by atoms with van der Waals surface area (Å²) in [4.78, 5) is 26.0. The molecule has 2 aromatic rings. The summed E-state index contributed by atoms with van der Waals surface area (Å²) < 4.78 is 1.93. The van der Waals surface area contributed by atoms with E-state index in [2.05, 4.69) is 42.4 Å². The topological polar surface area (TPSA) is 103 Å². The van der Waals surface area contributed by atoms with Gasteiger partial charge in [-0.15, -0.1) is 21.5 Å². The summed E-state index contributed by atoms with van der Waals surface area (Å²) in [5.74, 6) is 1.08. The number of aromatic nitrogens is 3. The fraction of sp³-hybridized carbons (Fsp3) is 0.619. The van der Waals surface area contributed by atoms with Gasteiger partial charge in [0, 0.05) is 11.9 Å². The number of rotatable bonds is 5. The van der Waals surface area contributed by atoms with E-state index in [0.717, 1.165) is 23.5 Å². The van der Waals surface area contributed by atoms with Crippen LogP contribution in [0.1, 0.15) is 51.5 Å². The van der Waals surface area contributed by atoms with Gasteiger partial charge in [-0.25, -0.2) is 4.79 Å². The third kappa shape index (κ3) is 4.88. The SMILES string of the molecule is CC(C)[C@H](Sc1nnc(-c2cc3c(s2)CC[C@H](C(C)(C)C)C3)n1C)C(=O)NC(N)=O. The van der Waals surface area contributed by atoms with E-state index in [4.69, 9.17) is 5.73 Å². The van der Waals surface area contributed by atoms with Crippen molar-refractivity contribution in [3.05, 3.63) is 16.5 Å². The maximum Gasteiger partial charge on any atom is 0.318 e. The third-order valence-corrected chi connectivity index (χ3v) is 8.52. The number of nitrogens with one attached hydrogen (secondary N) is 1. The molecule has 0 aromatic carbocycles. The first-order chi connectivity index (χ1) is 14.0. The summed E-state index contributed by atoms with van der Waals surface area (Å²) in [6.45, 7) is 10.8. The predicted octanol–water partition coefficient (Wildman–Crippen LogP) is 4.01. The molecule has 7 nitrogen and oxygen atoms in total. The molecule has 3 amide bonds. The lowest BCUT2D eigenvalue weighted by molar-refractivity contribution is -0.120. The van der Waals surface area contributed by atoms with Crippen LogP contribution in [-0.2, 0) is 24.7 Å². The van der Waals surface area contributed by atoms with Gasteiger partial charge in [0.05, 0.1) is 10.1 Å². The van der Waals surface area contributed by atoms with Crippen molar-refractivity contribution in [1.82, 2.24) is 20.1 Å². The highest BCUT2D eigenvalue weighted by molar-refractivity contribution is 8.00. The standard InChI is InChI=1S/C21H31N5O2S2/c1-11(2)16(18(27)23-19(22)28)30-20-25-24-17(26(20)6)15-10-12-9-13(21(3,4)5)7-8-14(12)29-15/h10-11,13,16H,7-9H2,1-6H3,(H3,22,23,27,28)/t13-,16-/m0/s1. The van der Waals surface area contributed by atoms with Crippen molar-refractivity contribution < 1.29 is 9.59 Å². The van der Waals surface area contributed by atoms with Crippen LogP contribution in [0.3, 0.4) is 0 Å². The van der Waals surface area contributed by atoms with E-state index < -0.39 is 17.2 Å². The molecule has 0 spiro atoms. The maximum absolute atomic E-state index is 12.3. The summed E-state index contributed by atoms with van der Waals surface area (Å²) in [6.07, 6.45) is 3.45. The van der Waals surface area contributed by atoms with Crippen LogP contribution >= 0.6 is 23.1 Å². The van der Waals surface area contributed by atoms with Crippen molar-refractivity contribution >= 4 is 35.0 Å². The Balaban J connectivity index is 1.82. The van der Waals surface area contributed by atoms with Crippen molar-refractivity contribution in [2.75, 3.05) is 0 Å². The molecule has 3 rings (SSSR count). The van der Waals surface area contributed by atoms with Crippen molar-refractivity contribution in [1.29, 1.82) is 0 Å². The zero-order valence-electron chi connectivity index (χ0n) is 18.5. The largest absolute Gasteiger partial charge is 0.351 e. The summed E-state index contributed by atoms with van der Waals surface area (Å²) >= 11 is 3.10. The smallest absolute Gasteiger partial charge is 0.318 e. The van der Waals surface area contributed by atoms with E-state index in [1.807, 2.05) is 25.5 Å². The third-order valence-electron chi connectivity index (χ3n) is 5.71. The number of nitrogens with two attached hydrogens (primary N) is 1. The minimum Gasteiger partial charge on any atom is -0.351 e. The van der Waals surface area contributed by atoms with E-state index in [9.17, 15) is 9.59 Å². The Morgan fingerprint density at radius 1 is 1.33 bits per heavy atom. The quantitative estimate of drug-likeness (QED) is 0.672. The molecule has 0 bridgehead atoms. The first-order valence-corrected chi connectivity index (χ1v) is 11.9. The zero-order chi connectivity index (χ0) is 22.2. The minimum absolute atomic E-state index is 0.00196. The highest BCUT2D eigenvalue weighted by Crippen LogP contribution is 2.42. The second-order valence-corrected chi connectivity index (χ2v) is 11.6. The Bertz CT molecular complexity index is 942. The molecule has 0 saturated heterocycles. The first-order valence-electron chi connectivity index (χ1n) is 10.3. The molecule has 2 atom stereocenters. The minimum atomic E-state index is -0.845. The lowest BCUT2D eigenvalue weighted by Gasteiger charge is -2.33. The molecular formula is C21H31N5O2S2. The van der Waals surface area contributed by atoms with Crippen molar-refractivity contribution in [2.24, 2.45) is 30.0 Å². The van der Waals surface area contributed by atoms with E-state index in [1.54, 1.807) is 11.3 Å². The molecule has 2 aromatic heterocycles. The van der Waals surface area contributed by atoms with Crippen LogP contribution in [0.4, 0.5) is 4.79 Å². The molecule has 9 heteroatoms. The Labute approximate surface area is 186 Å². The van der Waals surface area contributed by atoms with Crippen molar-refractivity contribution in [3.63, 3.8) is 0 Å². The van der Waals surface area contributed by atoms with Gasteiger partial charge < -0.3 is 10.3 Å². The molecular weight excluding hydrogens is 418 g/mol. The number of urea groups is 1. The lowest BCUT2D eigenvalue weighted by Crippen LogP contribution is -2.42. The van der Waals surface area contributed by atoms with E-state index in [0.29, 0.717) is 16.5 Å². The number of hydrogen-bond acceptors (Lipinski definition) is 6. The lowest BCUT2D eigenvalue weighted by atomic mass is 9.72. The van der Waals surface area contributed by atoms with Gasteiger partial charge in [-0.05, 0) is 48.1 Å². The second kappa shape index (κ2) is 8.70. The molecule has 0 unspecified atom stereocenters. The number of aryl methyl sites for hydroxylation is 1. The fourth-order valence-corrected chi connectivity index (χ4v) is 6.03. The molecule has 0 radical (unpaired) electrons. The molecule has 0 saturated carbocycles. The van der Waals surface area contributed by atoms with Crippen LogP contribution in [-0.4, -0.2) is 32.0 Å². The normalized spacial score (nSPS) is 17.6. The van der Waals surface area contributed by atoms with Crippen LogP contribution in [0, 0.1) is 17.3 Å². The summed E-state index contributed by atoms with van der Waals surface area (Å²) in [7, 11) is 1.91. The number of hydrogen-bond donors (Lipinski definition) is 2. The maximum atomic E-state index is 12.3. The second-order valence-electron chi connectivity index (χ2n) is 9.37. The summed E-state index contributed by atoms with van der Waals surface area (Å²) in [5.41, 5.74) is 6.85. The molecule has 164 valence electrons. The van der Waals surface area contributed by atoms with Crippen LogP contribution in [0.25, 0.3) is 10.7 Å². The summed E-state index contributed by atoms with van der Waals surface area (Å²) in [6, 6.07) is 1.42. The van der Waals surface area contributed by atoms with Crippen molar-refractivity contribution in [3.8, 4) is 10.7 Å². The first kappa shape index (κ1) is 22.8. The Morgan fingerprint density at radius 2 is 2.03 bits per heavy atom. The Hall–Kier alpha value is -1.87. The van der Waals surface area contributed by atoms with Crippen LogP contribution in [0.5, 0.6) is 0 Å². The monoisotopic (exact) mass is 449 g/mol. The van der Waals surface area contributed by atoms with Gasteiger partial charge >= 0.3 is 6.03 Å². The van der Waals surface area contributed by atoms with E-state index in [-0.39, 0.29) is 5.92 Å². The van der Waals surface area contributed by atoms with Gasteiger partial charge in [0.15, 0.2) is 11.0 Å². The van der Waals surface area contributed by atoms with Gasteiger partial charge in [-0.3, -0.25) is 10.1 Å². The fourth-order valence-electron chi connectivity index (χ4n) is 3.80. The molecule has 0 fully saturated rings. The molecule has 0 aliphatic heterocycles. The Kier molecular flexibility index (Phi) is 6.62.